The topological polar surface area (TPSA) is 90.0 Å². The standard InChI is InChI=1S/C13H19F2NO6S/c1-3-21-12(18)10-5-8(22-23(2,19)20)4-9(10)11(17)16-6-13(14,15)7-16/h8-10H,3-7H2,1-2H3. The first-order chi connectivity index (χ1) is 10.5. The molecule has 7 nitrogen and oxygen atoms in total. The van der Waals surface area contributed by atoms with E-state index in [-0.39, 0.29) is 19.4 Å². The number of hydrogen-bond donors (Lipinski definition) is 0. The summed E-state index contributed by atoms with van der Waals surface area (Å²) < 4.78 is 58.0. The first kappa shape index (κ1) is 18.1. The predicted molar refractivity (Wildman–Crippen MR) is 74.1 cm³/mol. The fourth-order valence-corrected chi connectivity index (χ4v) is 3.65. The SMILES string of the molecule is CCOC(=O)C1CC(OS(C)(=O)=O)CC1C(=O)N1CC(F)(F)C1. The highest BCUT2D eigenvalue weighted by molar-refractivity contribution is 7.86. The normalized spacial score (nSPS) is 29.9. The zero-order chi connectivity index (χ0) is 17.4. The van der Waals surface area contributed by atoms with Gasteiger partial charge in [0.2, 0.25) is 5.91 Å². The quantitative estimate of drug-likeness (QED) is 0.524. The molecule has 0 aromatic heterocycles. The number of amides is 1. The Morgan fingerprint density at radius 3 is 2.26 bits per heavy atom. The third-order valence-electron chi connectivity index (χ3n) is 3.89. The van der Waals surface area contributed by atoms with Crippen molar-refractivity contribution in [1.29, 1.82) is 0 Å². The summed E-state index contributed by atoms with van der Waals surface area (Å²) in [6, 6.07) is 0. The molecule has 23 heavy (non-hydrogen) atoms. The molecule has 132 valence electrons. The molecule has 0 aromatic rings. The highest BCUT2D eigenvalue weighted by Gasteiger charge is 2.52. The van der Waals surface area contributed by atoms with Crippen LogP contribution in [-0.2, 0) is 28.6 Å². The van der Waals surface area contributed by atoms with Crippen LogP contribution in [0.1, 0.15) is 19.8 Å². The third-order valence-corrected chi connectivity index (χ3v) is 4.51. The van der Waals surface area contributed by atoms with Gasteiger partial charge in [-0.25, -0.2) is 8.78 Å². The van der Waals surface area contributed by atoms with Crippen molar-refractivity contribution in [2.24, 2.45) is 11.8 Å². The van der Waals surface area contributed by atoms with E-state index >= 15 is 0 Å². The Bertz CT molecular complexity index is 585. The number of ether oxygens (including phenoxy) is 1. The summed E-state index contributed by atoms with van der Waals surface area (Å²) in [5.74, 6) is -5.93. The number of alkyl halides is 2. The van der Waals surface area contributed by atoms with E-state index < -0.39 is 58.9 Å². The number of carbonyl (C=O) groups is 2. The summed E-state index contributed by atoms with van der Waals surface area (Å²) in [4.78, 5) is 25.3. The molecular weight excluding hydrogens is 336 g/mol. The van der Waals surface area contributed by atoms with E-state index in [0.717, 1.165) is 11.2 Å². The Kier molecular flexibility index (Phi) is 4.95. The lowest BCUT2D eigenvalue weighted by Crippen LogP contribution is -2.60. The van der Waals surface area contributed by atoms with E-state index in [1.807, 2.05) is 0 Å². The summed E-state index contributed by atoms with van der Waals surface area (Å²) in [5, 5.41) is 0. The Balaban J connectivity index is 2.10. The van der Waals surface area contributed by atoms with Crippen molar-refractivity contribution in [3.05, 3.63) is 0 Å². The Hall–Kier alpha value is -1.29. The fourth-order valence-electron chi connectivity index (χ4n) is 3.00. The van der Waals surface area contributed by atoms with Crippen molar-refractivity contribution in [2.45, 2.75) is 31.8 Å². The monoisotopic (exact) mass is 355 g/mol. The first-order valence-electron chi connectivity index (χ1n) is 7.24. The lowest BCUT2D eigenvalue weighted by molar-refractivity contribution is -0.173. The van der Waals surface area contributed by atoms with Gasteiger partial charge in [0.1, 0.15) is 0 Å². The molecule has 1 saturated carbocycles. The summed E-state index contributed by atoms with van der Waals surface area (Å²) in [6.45, 7) is 0.338. The van der Waals surface area contributed by atoms with Gasteiger partial charge >= 0.3 is 5.97 Å². The van der Waals surface area contributed by atoms with Crippen LogP contribution in [0.5, 0.6) is 0 Å². The van der Waals surface area contributed by atoms with Gasteiger partial charge in [-0.1, -0.05) is 0 Å². The second kappa shape index (κ2) is 6.31. The second-order valence-electron chi connectivity index (χ2n) is 5.91. The lowest BCUT2D eigenvalue weighted by atomic mass is 9.93. The highest BCUT2D eigenvalue weighted by atomic mass is 32.2. The van der Waals surface area contributed by atoms with Crippen molar-refractivity contribution >= 4 is 22.0 Å². The van der Waals surface area contributed by atoms with Crippen LogP contribution in [0.15, 0.2) is 0 Å². The molecule has 0 bridgehead atoms. The van der Waals surface area contributed by atoms with Crippen LogP contribution >= 0.6 is 0 Å². The average Bonchev–Trinajstić information content (AvgIpc) is 2.76. The maximum absolute atomic E-state index is 12.9. The molecule has 1 heterocycles. The minimum Gasteiger partial charge on any atom is -0.466 e. The lowest BCUT2D eigenvalue weighted by Gasteiger charge is -2.40. The molecule has 0 spiro atoms. The van der Waals surface area contributed by atoms with Crippen molar-refractivity contribution < 1.29 is 35.7 Å². The van der Waals surface area contributed by atoms with E-state index in [0.29, 0.717) is 0 Å². The van der Waals surface area contributed by atoms with E-state index in [2.05, 4.69) is 0 Å². The minimum atomic E-state index is -3.75. The molecule has 1 aliphatic carbocycles. The Morgan fingerprint density at radius 1 is 1.22 bits per heavy atom. The van der Waals surface area contributed by atoms with Crippen LogP contribution in [0.25, 0.3) is 0 Å². The largest absolute Gasteiger partial charge is 0.466 e. The molecule has 2 fully saturated rings. The predicted octanol–water partition coefficient (Wildman–Crippen LogP) is 0.398. The van der Waals surface area contributed by atoms with E-state index in [1.165, 1.54) is 0 Å². The van der Waals surface area contributed by atoms with Crippen LogP contribution in [0.4, 0.5) is 8.78 Å². The molecule has 2 aliphatic rings. The first-order valence-corrected chi connectivity index (χ1v) is 9.05. The molecule has 10 heteroatoms. The molecule has 0 radical (unpaired) electrons. The number of esters is 1. The van der Waals surface area contributed by atoms with Gasteiger partial charge in [0, 0.05) is 0 Å². The smallest absolute Gasteiger partial charge is 0.309 e. The maximum Gasteiger partial charge on any atom is 0.309 e. The van der Waals surface area contributed by atoms with Crippen molar-refractivity contribution in [3.63, 3.8) is 0 Å². The third kappa shape index (κ3) is 4.37. The highest BCUT2D eigenvalue weighted by Crippen LogP contribution is 2.39. The fraction of sp³-hybridized carbons (Fsp3) is 0.846. The summed E-state index contributed by atoms with van der Waals surface area (Å²) in [5.41, 5.74) is 0. The van der Waals surface area contributed by atoms with Crippen LogP contribution in [0, 0.1) is 11.8 Å². The number of rotatable bonds is 5. The summed E-state index contributed by atoms with van der Waals surface area (Å²) >= 11 is 0. The van der Waals surface area contributed by atoms with E-state index in [9.17, 15) is 26.8 Å². The molecule has 3 unspecified atom stereocenters. The number of nitrogens with zero attached hydrogens (tertiary/aromatic N) is 1. The van der Waals surface area contributed by atoms with Gasteiger partial charge in [0.15, 0.2) is 0 Å². The van der Waals surface area contributed by atoms with Gasteiger partial charge in [0.25, 0.3) is 16.0 Å². The molecule has 0 aromatic carbocycles. The number of carbonyl (C=O) groups excluding carboxylic acids is 2. The van der Waals surface area contributed by atoms with Crippen molar-refractivity contribution in [2.75, 3.05) is 26.0 Å². The number of halogens is 2. The van der Waals surface area contributed by atoms with Gasteiger partial charge in [-0.15, -0.1) is 0 Å². The minimum absolute atomic E-state index is 0.00649. The molecule has 1 saturated heterocycles. The van der Waals surface area contributed by atoms with E-state index in [4.69, 9.17) is 8.92 Å². The van der Waals surface area contributed by atoms with Crippen molar-refractivity contribution in [3.8, 4) is 0 Å². The zero-order valence-corrected chi connectivity index (χ0v) is 13.6. The Labute approximate surface area is 133 Å². The molecule has 2 rings (SSSR count). The van der Waals surface area contributed by atoms with Crippen LogP contribution < -0.4 is 0 Å². The van der Waals surface area contributed by atoms with Gasteiger partial charge in [-0.3, -0.25) is 13.8 Å². The number of likely N-dealkylation sites (tertiary alicyclic amines) is 1. The van der Waals surface area contributed by atoms with Crippen LogP contribution in [-0.4, -0.2) is 63.2 Å². The zero-order valence-electron chi connectivity index (χ0n) is 12.8. The molecule has 1 aliphatic heterocycles. The van der Waals surface area contributed by atoms with Crippen LogP contribution in [0.2, 0.25) is 0 Å². The Morgan fingerprint density at radius 2 is 1.78 bits per heavy atom. The molecule has 0 N–H and O–H groups in total. The number of hydrogen-bond acceptors (Lipinski definition) is 6. The maximum atomic E-state index is 12.9. The van der Waals surface area contributed by atoms with Gasteiger partial charge < -0.3 is 9.64 Å². The van der Waals surface area contributed by atoms with Gasteiger partial charge in [-0.05, 0) is 19.8 Å². The average molecular weight is 355 g/mol. The summed E-state index contributed by atoms with van der Waals surface area (Å²) in [6.07, 6.45) is 0.0248. The second-order valence-corrected chi connectivity index (χ2v) is 7.51. The molecule has 3 atom stereocenters. The van der Waals surface area contributed by atoms with Crippen molar-refractivity contribution in [1.82, 2.24) is 4.90 Å². The summed E-state index contributed by atoms with van der Waals surface area (Å²) in [7, 11) is -3.75. The molecular formula is C13H19F2NO6S. The molecule has 1 amide bonds. The van der Waals surface area contributed by atoms with Gasteiger partial charge in [0.05, 0.1) is 43.9 Å². The van der Waals surface area contributed by atoms with E-state index in [1.54, 1.807) is 6.92 Å². The van der Waals surface area contributed by atoms with Crippen LogP contribution in [0.3, 0.4) is 0 Å². The van der Waals surface area contributed by atoms with Gasteiger partial charge in [-0.2, -0.15) is 8.42 Å².